The maximum absolute atomic E-state index is 12.8. The third kappa shape index (κ3) is 3.73. The normalized spacial score (nSPS) is 26.0. The van der Waals surface area contributed by atoms with Gasteiger partial charge in [-0.15, -0.1) is 0 Å². The van der Waals surface area contributed by atoms with Gasteiger partial charge in [0, 0.05) is 24.7 Å². The third-order valence-corrected chi connectivity index (χ3v) is 5.86. The monoisotopic (exact) mass is 338 g/mol. The zero-order chi connectivity index (χ0) is 16.6. The van der Waals surface area contributed by atoms with Gasteiger partial charge in [-0.3, -0.25) is 4.79 Å². The summed E-state index contributed by atoms with van der Waals surface area (Å²) in [5, 5.41) is 2.88. The lowest BCUT2D eigenvalue weighted by molar-refractivity contribution is -0.0440. The molecule has 2 aliphatic rings. The molecule has 0 bridgehead atoms. The summed E-state index contributed by atoms with van der Waals surface area (Å²) >= 11 is 0. The predicted octanol–water partition coefficient (Wildman–Crippen LogP) is 1.38. The lowest BCUT2D eigenvalue weighted by atomic mass is 10.2. The number of carbonyl (C=O) groups excluding carboxylic acids is 1. The van der Waals surface area contributed by atoms with Crippen LogP contribution in [-0.4, -0.2) is 50.0 Å². The van der Waals surface area contributed by atoms with Crippen molar-refractivity contribution in [3.05, 3.63) is 29.8 Å². The molecule has 3 rings (SSSR count). The average Bonchev–Trinajstić information content (AvgIpc) is 3.30. The number of amides is 1. The van der Waals surface area contributed by atoms with Gasteiger partial charge in [0.2, 0.25) is 10.0 Å². The van der Waals surface area contributed by atoms with E-state index in [0.29, 0.717) is 18.7 Å². The highest BCUT2D eigenvalue weighted by atomic mass is 32.2. The van der Waals surface area contributed by atoms with E-state index >= 15 is 0 Å². The standard InChI is InChI=1S/C16H22N2O4S/c1-11-9-18(10-12(2)22-11)23(20,21)15-5-3-4-13(8-15)16(19)17-14-6-7-14/h3-5,8,11-12,14H,6-7,9-10H2,1-2H3,(H,17,19)/t11-,12-/m0/s1. The Bertz CT molecular complexity index is 690. The van der Waals surface area contributed by atoms with E-state index in [1.54, 1.807) is 12.1 Å². The molecular weight excluding hydrogens is 316 g/mol. The van der Waals surface area contributed by atoms with E-state index in [4.69, 9.17) is 4.74 Å². The second kappa shape index (κ2) is 6.22. The fraction of sp³-hybridized carbons (Fsp3) is 0.562. The Hall–Kier alpha value is -1.44. The molecule has 0 unspecified atom stereocenters. The molecule has 1 aliphatic heterocycles. The third-order valence-electron chi connectivity index (χ3n) is 4.03. The van der Waals surface area contributed by atoms with E-state index < -0.39 is 10.0 Å². The maximum Gasteiger partial charge on any atom is 0.251 e. The van der Waals surface area contributed by atoms with Gasteiger partial charge < -0.3 is 10.1 Å². The van der Waals surface area contributed by atoms with Gasteiger partial charge in [0.25, 0.3) is 5.91 Å². The average molecular weight is 338 g/mol. The van der Waals surface area contributed by atoms with E-state index in [0.717, 1.165) is 12.8 Å². The van der Waals surface area contributed by atoms with E-state index in [-0.39, 0.29) is 29.1 Å². The molecule has 1 N–H and O–H groups in total. The molecule has 1 heterocycles. The van der Waals surface area contributed by atoms with Crippen molar-refractivity contribution in [2.45, 2.75) is 49.8 Å². The van der Waals surface area contributed by atoms with Gasteiger partial charge >= 0.3 is 0 Å². The quantitative estimate of drug-likeness (QED) is 0.900. The fourth-order valence-corrected chi connectivity index (χ4v) is 4.41. The number of benzene rings is 1. The number of hydrogen-bond donors (Lipinski definition) is 1. The summed E-state index contributed by atoms with van der Waals surface area (Å²) in [6.45, 7) is 4.37. The summed E-state index contributed by atoms with van der Waals surface area (Å²) in [4.78, 5) is 12.3. The molecule has 1 amide bonds. The first-order chi connectivity index (χ1) is 10.9. The molecule has 126 valence electrons. The van der Waals surface area contributed by atoms with Crippen molar-refractivity contribution < 1.29 is 17.9 Å². The van der Waals surface area contributed by atoms with Gasteiger partial charge in [-0.1, -0.05) is 6.07 Å². The molecular formula is C16H22N2O4S. The van der Waals surface area contributed by atoms with E-state index in [1.807, 2.05) is 13.8 Å². The van der Waals surface area contributed by atoms with Crippen molar-refractivity contribution in [2.75, 3.05) is 13.1 Å². The van der Waals surface area contributed by atoms with Crippen LogP contribution in [0.15, 0.2) is 29.2 Å². The van der Waals surface area contributed by atoms with Crippen molar-refractivity contribution in [3.63, 3.8) is 0 Å². The number of hydrogen-bond acceptors (Lipinski definition) is 4. The number of sulfonamides is 1. The number of nitrogens with zero attached hydrogens (tertiary/aromatic N) is 1. The minimum absolute atomic E-state index is 0.144. The predicted molar refractivity (Wildman–Crippen MR) is 85.7 cm³/mol. The smallest absolute Gasteiger partial charge is 0.251 e. The Morgan fingerprint density at radius 2 is 1.87 bits per heavy atom. The largest absolute Gasteiger partial charge is 0.373 e. The van der Waals surface area contributed by atoms with Crippen LogP contribution in [0.5, 0.6) is 0 Å². The Morgan fingerprint density at radius 3 is 2.48 bits per heavy atom. The molecule has 1 aliphatic carbocycles. The summed E-state index contributed by atoms with van der Waals surface area (Å²) in [6, 6.07) is 6.48. The Kier molecular flexibility index (Phi) is 4.44. The lowest BCUT2D eigenvalue weighted by Crippen LogP contribution is -2.48. The van der Waals surface area contributed by atoms with Crippen LogP contribution in [0.1, 0.15) is 37.0 Å². The van der Waals surface area contributed by atoms with Crippen LogP contribution >= 0.6 is 0 Å². The summed E-state index contributed by atoms with van der Waals surface area (Å²) in [7, 11) is -3.62. The first-order valence-corrected chi connectivity index (χ1v) is 9.37. The number of carbonyl (C=O) groups is 1. The molecule has 1 aromatic carbocycles. The molecule has 0 aromatic heterocycles. The Morgan fingerprint density at radius 1 is 1.22 bits per heavy atom. The van der Waals surface area contributed by atoms with Crippen LogP contribution < -0.4 is 5.32 Å². The second-order valence-electron chi connectivity index (χ2n) is 6.35. The summed E-state index contributed by atoms with van der Waals surface area (Å²) < 4.78 is 32.7. The van der Waals surface area contributed by atoms with Crippen LogP contribution in [0.4, 0.5) is 0 Å². The van der Waals surface area contributed by atoms with Gasteiger partial charge in [-0.05, 0) is 44.9 Å². The molecule has 1 saturated heterocycles. The minimum Gasteiger partial charge on any atom is -0.373 e. The zero-order valence-electron chi connectivity index (χ0n) is 13.4. The molecule has 2 atom stereocenters. The molecule has 1 saturated carbocycles. The highest BCUT2D eigenvalue weighted by molar-refractivity contribution is 7.89. The highest BCUT2D eigenvalue weighted by Crippen LogP contribution is 2.23. The maximum atomic E-state index is 12.8. The topological polar surface area (TPSA) is 75.7 Å². The molecule has 0 spiro atoms. The molecule has 6 nitrogen and oxygen atoms in total. The van der Waals surface area contributed by atoms with Crippen molar-refractivity contribution in [3.8, 4) is 0 Å². The number of ether oxygens (including phenoxy) is 1. The van der Waals surface area contributed by atoms with Crippen molar-refractivity contribution in [1.29, 1.82) is 0 Å². The van der Waals surface area contributed by atoms with E-state index in [9.17, 15) is 13.2 Å². The van der Waals surface area contributed by atoms with Gasteiger partial charge in [0.15, 0.2) is 0 Å². The zero-order valence-corrected chi connectivity index (χ0v) is 14.2. The van der Waals surface area contributed by atoms with Crippen molar-refractivity contribution in [2.24, 2.45) is 0 Å². The van der Waals surface area contributed by atoms with E-state index in [1.165, 1.54) is 16.4 Å². The number of morpholine rings is 1. The summed E-state index contributed by atoms with van der Waals surface area (Å²) in [5.41, 5.74) is 0.382. The first-order valence-electron chi connectivity index (χ1n) is 7.93. The Balaban J connectivity index is 1.83. The van der Waals surface area contributed by atoms with Gasteiger partial charge in [-0.25, -0.2) is 8.42 Å². The lowest BCUT2D eigenvalue weighted by Gasteiger charge is -2.34. The van der Waals surface area contributed by atoms with Crippen LogP contribution in [-0.2, 0) is 14.8 Å². The number of rotatable bonds is 4. The number of nitrogens with one attached hydrogen (secondary N) is 1. The SMILES string of the molecule is C[C@H]1CN(S(=O)(=O)c2cccc(C(=O)NC3CC3)c2)C[C@H](C)O1. The molecule has 23 heavy (non-hydrogen) atoms. The first kappa shape index (κ1) is 16.4. The van der Waals surface area contributed by atoms with Gasteiger partial charge in [-0.2, -0.15) is 4.31 Å². The summed E-state index contributed by atoms with van der Waals surface area (Å²) in [6.07, 6.45) is 1.70. The van der Waals surface area contributed by atoms with Crippen molar-refractivity contribution >= 4 is 15.9 Å². The highest BCUT2D eigenvalue weighted by Gasteiger charge is 2.32. The minimum atomic E-state index is -3.62. The molecule has 7 heteroatoms. The van der Waals surface area contributed by atoms with Crippen molar-refractivity contribution in [1.82, 2.24) is 9.62 Å². The van der Waals surface area contributed by atoms with Gasteiger partial charge in [0.1, 0.15) is 0 Å². The Labute approximate surface area is 136 Å². The second-order valence-corrected chi connectivity index (χ2v) is 8.29. The molecule has 2 fully saturated rings. The van der Waals surface area contributed by atoms with E-state index in [2.05, 4.69) is 5.32 Å². The van der Waals surface area contributed by atoms with Crippen LogP contribution in [0.25, 0.3) is 0 Å². The molecule has 1 aromatic rings. The van der Waals surface area contributed by atoms with Gasteiger partial charge in [0.05, 0.1) is 17.1 Å². The fourth-order valence-electron chi connectivity index (χ4n) is 2.77. The molecule has 0 radical (unpaired) electrons. The summed E-state index contributed by atoms with van der Waals surface area (Å²) in [5.74, 6) is -0.215. The van der Waals surface area contributed by atoms with Crippen LogP contribution in [0.2, 0.25) is 0 Å². The van der Waals surface area contributed by atoms with Crippen LogP contribution in [0.3, 0.4) is 0 Å². The van der Waals surface area contributed by atoms with Crippen LogP contribution in [0, 0.1) is 0 Å².